The monoisotopic (exact) mass is 267 g/mol. The normalized spacial score (nSPS) is 11.6. The number of nitrogens with one attached hydrogen (secondary N) is 1. The molecule has 0 saturated carbocycles. The van der Waals surface area contributed by atoms with Crippen LogP contribution < -0.4 is 4.72 Å². The summed E-state index contributed by atoms with van der Waals surface area (Å²) < 4.78 is 25.9. The standard InChI is InChI=1S/C12H13NO2S2/c1-9-4-3-5-10(8-9)11-6-7-12(16-11)17(14,15)13-2/h3-8,13H,1-2H3. The third-order valence-electron chi connectivity index (χ3n) is 2.42. The van der Waals surface area contributed by atoms with Crippen molar-refractivity contribution in [1.29, 1.82) is 0 Å². The van der Waals surface area contributed by atoms with Crippen molar-refractivity contribution in [1.82, 2.24) is 4.72 Å². The molecule has 0 aliphatic carbocycles. The van der Waals surface area contributed by atoms with Gasteiger partial charge in [0.1, 0.15) is 4.21 Å². The van der Waals surface area contributed by atoms with Gasteiger partial charge in [-0.1, -0.05) is 29.8 Å². The Labute approximate surface area is 105 Å². The summed E-state index contributed by atoms with van der Waals surface area (Å²) in [6.45, 7) is 2.02. The Morgan fingerprint density at radius 1 is 1.18 bits per heavy atom. The van der Waals surface area contributed by atoms with Crippen molar-refractivity contribution in [3.8, 4) is 10.4 Å². The van der Waals surface area contributed by atoms with Crippen molar-refractivity contribution in [2.45, 2.75) is 11.1 Å². The van der Waals surface area contributed by atoms with Gasteiger partial charge in [0.15, 0.2) is 0 Å². The molecule has 5 heteroatoms. The summed E-state index contributed by atoms with van der Waals surface area (Å²) in [6, 6.07) is 11.5. The number of rotatable bonds is 3. The lowest BCUT2D eigenvalue weighted by atomic mass is 10.1. The smallest absolute Gasteiger partial charge is 0.214 e. The second-order valence-electron chi connectivity index (χ2n) is 3.70. The molecule has 90 valence electrons. The molecule has 1 heterocycles. The number of sulfonamides is 1. The van der Waals surface area contributed by atoms with E-state index in [2.05, 4.69) is 4.72 Å². The zero-order valence-electron chi connectivity index (χ0n) is 9.60. The zero-order valence-corrected chi connectivity index (χ0v) is 11.2. The highest BCUT2D eigenvalue weighted by Gasteiger charge is 2.14. The lowest BCUT2D eigenvalue weighted by molar-refractivity contribution is 0.590. The number of hydrogen-bond donors (Lipinski definition) is 1. The highest BCUT2D eigenvalue weighted by Crippen LogP contribution is 2.30. The molecule has 0 radical (unpaired) electrons. The maximum Gasteiger partial charge on any atom is 0.249 e. The van der Waals surface area contributed by atoms with Gasteiger partial charge in [0.05, 0.1) is 0 Å². The highest BCUT2D eigenvalue weighted by atomic mass is 32.2. The van der Waals surface area contributed by atoms with Gasteiger partial charge in [-0.15, -0.1) is 11.3 Å². The SMILES string of the molecule is CNS(=O)(=O)c1ccc(-c2cccc(C)c2)s1. The quantitative estimate of drug-likeness (QED) is 0.929. The van der Waals surface area contributed by atoms with Crippen LogP contribution in [0.25, 0.3) is 10.4 Å². The van der Waals surface area contributed by atoms with Crippen LogP contribution in [0, 0.1) is 6.92 Å². The fraction of sp³-hybridized carbons (Fsp3) is 0.167. The van der Waals surface area contributed by atoms with Gasteiger partial charge in [-0.05, 0) is 31.7 Å². The van der Waals surface area contributed by atoms with Crippen molar-refractivity contribution in [2.24, 2.45) is 0 Å². The molecule has 0 aliphatic rings. The maximum absolute atomic E-state index is 11.6. The van der Waals surface area contributed by atoms with Gasteiger partial charge < -0.3 is 0 Å². The van der Waals surface area contributed by atoms with Gasteiger partial charge >= 0.3 is 0 Å². The van der Waals surface area contributed by atoms with Crippen molar-refractivity contribution in [3.05, 3.63) is 42.0 Å². The van der Waals surface area contributed by atoms with Gasteiger partial charge in [-0.3, -0.25) is 0 Å². The molecule has 0 atom stereocenters. The van der Waals surface area contributed by atoms with Crippen LogP contribution in [0.2, 0.25) is 0 Å². The molecule has 0 bridgehead atoms. The molecule has 1 aromatic heterocycles. The third kappa shape index (κ3) is 2.57. The zero-order chi connectivity index (χ0) is 12.5. The first kappa shape index (κ1) is 12.3. The Morgan fingerprint density at radius 3 is 2.59 bits per heavy atom. The summed E-state index contributed by atoms with van der Waals surface area (Å²) in [7, 11) is -1.91. The van der Waals surface area contributed by atoms with Crippen molar-refractivity contribution < 1.29 is 8.42 Å². The summed E-state index contributed by atoms with van der Waals surface area (Å²) in [5, 5.41) is 0. The molecule has 2 rings (SSSR count). The number of thiophene rings is 1. The van der Waals surface area contributed by atoms with E-state index >= 15 is 0 Å². The van der Waals surface area contributed by atoms with E-state index in [1.165, 1.54) is 18.4 Å². The Morgan fingerprint density at radius 2 is 1.94 bits per heavy atom. The number of benzene rings is 1. The van der Waals surface area contributed by atoms with E-state index in [0.29, 0.717) is 4.21 Å². The molecular weight excluding hydrogens is 254 g/mol. The lowest BCUT2D eigenvalue weighted by Gasteiger charge is -1.99. The predicted molar refractivity (Wildman–Crippen MR) is 70.7 cm³/mol. The number of aryl methyl sites for hydroxylation is 1. The Hall–Kier alpha value is -1.17. The van der Waals surface area contributed by atoms with E-state index in [4.69, 9.17) is 0 Å². The number of hydrogen-bond acceptors (Lipinski definition) is 3. The molecule has 2 aromatic rings. The van der Waals surface area contributed by atoms with Crippen LogP contribution >= 0.6 is 11.3 Å². The minimum atomic E-state index is -3.33. The van der Waals surface area contributed by atoms with Crippen LogP contribution in [0.5, 0.6) is 0 Å². The van der Waals surface area contributed by atoms with E-state index in [1.54, 1.807) is 6.07 Å². The molecule has 0 fully saturated rings. The van der Waals surface area contributed by atoms with E-state index in [9.17, 15) is 8.42 Å². The van der Waals surface area contributed by atoms with E-state index in [-0.39, 0.29) is 0 Å². The summed E-state index contributed by atoms with van der Waals surface area (Å²) in [6.07, 6.45) is 0. The average molecular weight is 267 g/mol. The Bertz CT molecular complexity index is 629. The molecule has 3 nitrogen and oxygen atoms in total. The molecular formula is C12H13NO2S2. The molecule has 1 N–H and O–H groups in total. The van der Waals surface area contributed by atoms with Gasteiger partial charge in [-0.2, -0.15) is 0 Å². The van der Waals surface area contributed by atoms with Gasteiger partial charge in [0.2, 0.25) is 10.0 Å². The predicted octanol–water partition coefficient (Wildman–Crippen LogP) is 2.63. The molecule has 1 aromatic carbocycles. The highest BCUT2D eigenvalue weighted by molar-refractivity contribution is 7.91. The van der Waals surface area contributed by atoms with Gasteiger partial charge in [0.25, 0.3) is 0 Å². The minimum absolute atomic E-state index is 0.344. The molecule has 0 aliphatic heterocycles. The molecule has 0 spiro atoms. The van der Waals surface area contributed by atoms with Crippen molar-refractivity contribution in [2.75, 3.05) is 7.05 Å². The first-order valence-electron chi connectivity index (χ1n) is 5.13. The Balaban J connectivity index is 2.43. The van der Waals surface area contributed by atoms with Crippen LogP contribution in [0.1, 0.15) is 5.56 Å². The van der Waals surface area contributed by atoms with E-state index < -0.39 is 10.0 Å². The van der Waals surface area contributed by atoms with E-state index in [0.717, 1.165) is 16.0 Å². The van der Waals surface area contributed by atoms with Gasteiger partial charge in [-0.25, -0.2) is 13.1 Å². The first-order valence-corrected chi connectivity index (χ1v) is 7.43. The first-order chi connectivity index (χ1) is 8.03. The van der Waals surface area contributed by atoms with E-state index in [1.807, 2.05) is 37.3 Å². The van der Waals surface area contributed by atoms with Crippen LogP contribution in [0.15, 0.2) is 40.6 Å². The molecule has 0 unspecified atom stereocenters. The van der Waals surface area contributed by atoms with Crippen LogP contribution in [-0.4, -0.2) is 15.5 Å². The van der Waals surface area contributed by atoms with Crippen LogP contribution in [-0.2, 0) is 10.0 Å². The largest absolute Gasteiger partial charge is 0.249 e. The lowest BCUT2D eigenvalue weighted by Crippen LogP contribution is -2.17. The summed E-state index contributed by atoms with van der Waals surface area (Å²) in [4.78, 5) is 0.961. The summed E-state index contributed by atoms with van der Waals surface area (Å²) >= 11 is 1.28. The van der Waals surface area contributed by atoms with Crippen molar-refractivity contribution >= 4 is 21.4 Å². The molecule has 0 amide bonds. The fourth-order valence-corrected chi connectivity index (χ4v) is 3.66. The fourth-order valence-electron chi connectivity index (χ4n) is 1.52. The third-order valence-corrected chi connectivity index (χ3v) is 5.46. The second-order valence-corrected chi connectivity index (χ2v) is 6.89. The average Bonchev–Trinajstić information content (AvgIpc) is 2.79. The summed E-state index contributed by atoms with van der Waals surface area (Å²) in [5.74, 6) is 0. The molecule has 17 heavy (non-hydrogen) atoms. The maximum atomic E-state index is 11.6. The molecule has 0 saturated heterocycles. The second kappa shape index (κ2) is 4.60. The topological polar surface area (TPSA) is 46.2 Å². The van der Waals surface area contributed by atoms with Crippen molar-refractivity contribution in [3.63, 3.8) is 0 Å². The Kier molecular flexibility index (Phi) is 3.33. The summed E-state index contributed by atoms with van der Waals surface area (Å²) in [5.41, 5.74) is 2.21. The van der Waals surface area contributed by atoms with Crippen LogP contribution in [0.3, 0.4) is 0 Å². The minimum Gasteiger partial charge on any atom is -0.214 e. The van der Waals surface area contributed by atoms with Gasteiger partial charge in [0, 0.05) is 4.88 Å². The van der Waals surface area contributed by atoms with Crippen LogP contribution in [0.4, 0.5) is 0 Å².